The lowest BCUT2D eigenvalue weighted by atomic mass is 9.92. The van der Waals surface area contributed by atoms with E-state index in [0.29, 0.717) is 36.0 Å². The molecule has 1 aliphatic rings. The second kappa shape index (κ2) is 6.06. The number of H-pyrrole nitrogens is 1. The zero-order valence-electron chi connectivity index (χ0n) is 13.6. The number of nitriles is 1. The average Bonchev–Trinajstić information content (AvgIpc) is 2.61. The van der Waals surface area contributed by atoms with E-state index in [1.165, 1.54) is 6.20 Å². The molecule has 2 aromatic heterocycles. The number of hydrogen-bond donors (Lipinski definition) is 1. The number of carbonyl (C=O) groups excluding carboxylic acids is 1. The Morgan fingerprint density at radius 2 is 2.17 bits per heavy atom. The van der Waals surface area contributed by atoms with Crippen molar-refractivity contribution >= 4 is 22.9 Å². The van der Waals surface area contributed by atoms with Gasteiger partial charge in [0.1, 0.15) is 17.3 Å². The Morgan fingerprint density at radius 1 is 1.46 bits per heavy atom. The van der Waals surface area contributed by atoms with Gasteiger partial charge in [-0.2, -0.15) is 5.26 Å². The van der Waals surface area contributed by atoms with Gasteiger partial charge in [-0.1, -0.05) is 0 Å². The number of rotatable bonds is 3. The molecule has 0 spiro atoms. The van der Waals surface area contributed by atoms with Crippen molar-refractivity contribution in [3.8, 4) is 6.07 Å². The van der Waals surface area contributed by atoms with Gasteiger partial charge < -0.3 is 14.6 Å². The van der Waals surface area contributed by atoms with Crippen LogP contribution in [0.3, 0.4) is 0 Å². The summed E-state index contributed by atoms with van der Waals surface area (Å²) in [6.45, 7) is 3.38. The molecule has 0 amide bonds. The normalized spacial score (nSPS) is 16.8. The van der Waals surface area contributed by atoms with Crippen molar-refractivity contribution < 1.29 is 9.53 Å². The van der Waals surface area contributed by atoms with Gasteiger partial charge in [0.15, 0.2) is 6.29 Å². The predicted octanol–water partition coefficient (Wildman–Crippen LogP) is 1.61. The number of aldehydes is 1. The van der Waals surface area contributed by atoms with Gasteiger partial charge in [-0.15, -0.1) is 0 Å². The van der Waals surface area contributed by atoms with Crippen LogP contribution in [0, 0.1) is 11.3 Å². The maximum atomic E-state index is 12.2. The van der Waals surface area contributed by atoms with Gasteiger partial charge in [-0.05, 0) is 25.8 Å². The number of carbonyl (C=O) groups is 1. The van der Waals surface area contributed by atoms with Crippen molar-refractivity contribution in [2.45, 2.75) is 25.4 Å². The molecule has 3 rings (SSSR count). The lowest BCUT2D eigenvalue weighted by Crippen LogP contribution is -2.44. The van der Waals surface area contributed by atoms with Crippen LogP contribution in [0.1, 0.15) is 35.8 Å². The second-order valence-electron chi connectivity index (χ2n) is 6.20. The third kappa shape index (κ3) is 2.65. The fraction of sp³-hybridized carbons (Fsp3) is 0.412. The summed E-state index contributed by atoms with van der Waals surface area (Å²) in [6, 6.07) is 3.61. The molecule has 0 bridgehead atoms. The van der Waals surface area contributed by atoms with Gasteiger partial charge in [-0.25, -0.2) is 0 Å². The second-order valence-corrected chi connectivity index (χ2v) is 6.20. The topological polar surface area (TPSA) is 99.1 Å². The van der Waals surface area contributed by atoms with E-state index in [2.05, 4.69) is 16.9 Å². The molecular formula is C17H18N4O3. The molecule has 0 aromatic carbocycles. The first-order valence-electron chi connectivity index (χ1n) is 7.73. The maximum Gasteiger partial charge on any atom is 0.268 e. The lowest BCUT2D eigenvalue weighted by Gasteiger charge is -2.40. The summed E-state index contributed by atoms with van der Waals surface area (Å²) in [6.07, 6.45) is 3.68. The summed E-state index contributed by atoms with van der Waals surface area (Å²) in [5.74, 6) is 0. The molecule has 1 fully saturated rings. The standard InChI is InChI=1S/C17H18N4O3/c1-17(24-2)3-5-21(6-4-17)15-12-7-11(10-22)19-9-14(12)20-16(23)13(15)8-18/h7,9-10H,3-6H2,1-2H3,(H,20,23). The summed E-state index contributed by atoms with van der Waals surface area (Å²) in [5, 5.41) is 10.1. The Labute approximate surface area is 138 Å². The Hall–Kier alpha value is -2.72. The molecule has 0 saturated carbocycles. The monoisotopic (exact) mass is 326 g/mol. The first-order valence-corrected chi connectivity index (χ1v) is 7.73. The van der Waals surface area contributed by atoms with Crippen LogP contribution in [0.5, 0.6) is 0 Å². The number of piperidine rings is 1. The molecule has 7 heteroatoms. The summed E-state index contributed by atoms with van der Waals surface area (Å²) in [4.78, 5) is 32.0. The van der Waals surface area contributed by atoms with Gasteiger partial charge in [0.25, 0.3) is 5.56 Å². The quantitative estimate of drug-likeness (QED) is 0.860. The fourth-order valence-electron chi connectivity index (χ4n) is 3.10. The number of ether oxygens (including phenoxy) is 1. The van der Waals surface area contributed by atoms with Crippen molar-refractivity contribution in [1.29, 1.82) is 5.26 Å². The first kappa shape index (κ1) is 16.1. The van der Waals surface area contributed by atoms with E-state index < -0.39 is 5.56 Å². The number of pyridine rings is 2. The fourth-order valence-corrected chi connectivity index (χ4v) is 3.10. The number of aromatic amines is 1. The van der Waals surface area contributed by atoms with Gasteiger partial charge in [0, 0.05) is 25.6 Å². The van der Waals surface area contributed by atoms with E-state index in [1.54, 1.807) is 13.2 Å². The van der Waals surface area contributed by atoms with Crippen LogP contribution in [0.25, 0.3) is 10.9 Å². The van der Waals surface area contributed by atoms with Crippen LogP contribution in [-0.4, -0.2) is 42.1 Å². The minimum absolute atomic E-state index is 0.0616. The molecular weight excluding hydrogens is 308 g/mol. The molecule has 2 aromatic rings. The minimum Gasteiger partial charge on any atom is -0.378 e. The minimum atomic E-state index is -0.444. The highest BCUT2D eigenvalue weighted by atomic mass is 16.5. The van der Waals surface area contributed by atoms with E-state index in [9.17, 15) is 14.9 Å². The third-order valence-corrected chi connectivity index (χ3v) is 4.75. The molecule has 1 aliphatic heterocycles. The van der Waals surface area contributed by atoms with Gasteiger partial charge in [-0.3, -0.25) is 14.6 Å². The molecule has 0 unspecified atom stereocenters. The highest BCUT2D eigenvalue weighted by Crippen LogP contribution is 2.33. The van der Waals surface area contributed by atoms with Crippen LogP contribution < -0.4 is 10.5 Å². The Kier molecular flexibility index (Phi) is 4.08. The van der Waals surface area contributed by atoms with Crippen LogP contribution >= 0.6 is 0 Å². The summed E-state index contributed by atoms with van der Waals surface area (Å²) in [5.41, 5.74) is 0.765. The number of fused-ring (bicyclic) bond motifs is 1. The summed E-state index contributed by atoms with van der Waals surface area (Å²) < 4.78 is 5.55. The van der Waals surface area contributed by atoms with Gasteiger partial charge >= 0.3 is 0 Å². The van der Waals surface area contributed by atoms with Crippen LogP contribution in [-0.2, 0) is 4.74 Å². The molecule has 0 aliphatic carbocycles. The van der Waals surface area contributed by atoms with E-state index in [-0.39, 0.29) is 16.9 Å². The smallest absolute Gasteiger partial charge is 0.268 e. The van der Waals surface area contributed by atoms with Crippen molar-refractivity contribution in [2.75, 3.05) is 25.1 Å². The Bertz CT molecular complexity index is 889. The molecule has 1 N–H and O–H groups in total. The molecule has 0 atom stereocenters. The maximum absolute atomic E-state index is 12.2. The Balaban J connectivity index is 2.16. The highest BCUT2D eigenvalue weighted by Gasteiger charge is 2.31. The SMILES string of the molecule is COC1(C)CCN(c2c(C#N)c(=O)[nH]c3cnc(C=O)cc23)CC1. The largest absolute Gasteiger partial charge is 0.378 e. The molecule has 124 valence electrons. The van der Waals surface area contributed by atoms with Crippen molar-refractivity contribution in [2.24, 2.45) is 0 Å². The number of methoxy groups -OCH3 is 1. The Morgan fingerprint density at radius 3 is 2.75 bits per heavy atom. The van der Waals surface area contributed by atoms with Crippen molar-refractivity contribution in [3.63, 3.8) is 0 Å². The van der Waals surface area contributed by atoms with Crippen LogP contribution in [0.15, 0.2) is 17.1 Å². The molecule has 1 saturated heterocycles. The van der Waals surface area contributed by atoms with E-state index >= 15 is 0 Å². The highest BCUT2D eigenvalue weighted by molar-refractivity contribution is 5.96. The van der Waals surface area contributed by atoms with Gasteiger partial charge in [0.05, 0.1) is 23.0 Å². The van der Waals surface area contributed by atoms with E-state index in [4.69, 9.17) is 4.74 Å². The molecule has 24 heavy (non-hydrogen) atoms. The number of hydrogen-bond acceptors (Lipinski definition) is 6. The number of aromatic nitrogens is 2. The predicted molar refractivity (Wildman–Crippen MR) is 89.3 cm³/mol. The molecule has 0 radical (unpaired) electrons. The average molecular weight is 326 g/mol. The summed E-state index contributed by atoms with van der Waals surface area (Å²) in [7, 11) is 1.70. The third-order valence-electron chi connectivity index (χ3n) is 4.75. The zero-order valence-corrected chi connectivity index (χ0v) is 13.6. The van der Waals surface area contributed by atoms with Crippen molar-refractivity contribution in [3.05, 3.63) is 33.9 Å². The molecule has 7 nitrogen and oxygen atoms in total. The lowest BCUT2D eigenvalue weighted by molar-refractivity contribution is -0.0132. The summed E-state index contributed by atoms with van der Waals surface area (Å²) >= 11 is 0. The van der Waals surface area contributed by atoms with E-state index in [0.717, 1.165) is 12.8 Å². The molecule has 3 heterocycles. The number of nitrogens with zero attached hydrogens (tertiary/aromatic N) is 3. The van der Waals surface area contributed by atoms with Gasteiger partial charge in [0.2, 0.25) is 0 Å². The number of anilines is 1. The van der Waals surface area contributed by atoms with Crippen LogP contribution in [0.2, 0.25) is 0 Å². The van der Waals surface area contributed by atoms with E-state index in [1.807, 2.05) is 11.0 Å². The van der Waals surface area contributed by atoms with Crippen molar-refractivity contribution in [1.82, 2.24) is 9.97 Å². The van der Waals surface area contributed by atoms with Crippen LogP contribution in [0.4, 0.5) is 5.69 Å². The number of nitrogens with one attached hydrogen (secondary N) is 1. The first-order chi connectivity index (χ1) is 11.5. The zero-order chi connectivity index (χ0) is 17.3.